The minimum absolute atomic E-state index is 0. The third-order valence-corrected chi connectivity index (χ3v) is 5.29. The number of rotatable bonds is 5. The molecular weight excluding hydrogens is 385 g/mol. The maximum Gasteiger partial charge on any atom is 0.254 e. The molecule has 1 aromatic heterocycles. The second kappa shape index (κ2) is 11.7. The van der Waals surface area contributed by atoms with Crippen LogP contribution in [0.2, 0.25) is 0 Å². The first-order valence-corrected chi connectivity index (χ1v) is 9.60. The quantitative estimate of drug-likeness (QED) is 0.795. The molecule has 1 amide bonds. The molecule has 3 heterocycles. The predicted molar refractivity (Wildman–Crippen MR) is 116 cm³/mol. The number of aromatic nitrogens is 1. The van der Waals surface area contributed by atoms with Crippen LogP contribution in [0.5, 0.6) is 0 Å². The number of hydrogen-bond acceptors (Lipinski definition) is 5. The van der Waals surface area contributed by atoms with Crippen LogP contribution in [0.3, 0.4) is 0 Å². The number of nitrogens with zero attached hydrogens (tertiary/aromatic N) is 4. The van der Waals surface area contributed by atoms with Gasteiger partial charge in [0.2, 0.25) is 0 Å². The second-order valence-corrected chi connectivity index (χ2v) is 7.17. The molecule has 0 saturated carbocycles. The van der Waals surface area contributed by atoms with E-state index in [1.54, 1.807) is 6.20 Å². The molecule has 1 N–H and O–H groups in total. The summed E-state index contributed by atoms with van der Waals surface area (Å²) in [6.07, 6.45) is 4.86. The number of amides is 1. The lowest BCUT2D eigenvalue weighted by Gasteiger charge is -2.35. The standard InChI is InChI=1S/C19H31N5O.2ClH/c1-3-10-24(17-5-7-20-8-6-17)19(25)16-4-9-21-18(15-16)23-13-11-22(2)12-14-23;;/h4,9,15,17,20H,3,5-8,10-14H2,1-2H3;2*1H. The summed E-state index contributed by atoms with van der Waals surface area (Å²) in [5, 5.41) is 3.39. The van der Waals surface area contributed by atoms with Crippen molar-refractivity contribution in [3.8, 4) is 0 Å². The molecule has 154 valence electrons. The summed E-state index contributed by atoms with van der Waals surface area (Å²) in [6.45, 7) is 8.98. The maximum atomic E-state index is 13.2. The van der Waals surface area contributed by atoms with Crippen LogP contribution in [-0.4, -0.2) is 79.6 Å². The van der Waals surface area contributed by atoms with E-state index in [9.17, 15) is 4.79 Å². The monoisotopic (exact) mass is 417 g/mol. The third-order valence-electron chi connectivity index (χ3n) is 5.29. The Balaban J connectivity index is 0.00000182. The van der Waals surface area contributed by atoms with Crippen molar-refractivity contribution in [3.63, 3.8) is 0 Å². The van der Waals surface area contributed by atoms with Gasteiger partial charge in [0.25, 0.3) is 5.91 Å². The summed E-state index contributed by atoms with van der Waals surface area (Å²) in [5.74, 6) is 1.09. The zero-order valence-corrected chi connectivity index (χ0v) is 18.0. The minimum atomic E-state index is 0. The van der Waals surface area contributed by atoms with Crippen molar-refractivity contribution in [2.75, 3.05) is 57.8 Å². The summed E-state index contributed by atoms with van der Waals surface area (Å²) in [5.41, 5.74) is 0.774. The highest BCUT2D eigenvalue weighted by Gasteiger charge is 2.26. The molecule has 6 nitrogen and oxygen atoms in total. The molecule has 0 unspecified atom stereocenters. The average Bonchev–Trinajstić information content (AvgIpc) is 2.67. The lowest BCUT2D eigenvalue weighted by molar-refractivity contribution is 0.0642. The van der Waals surface area contributed by atoms with E-state index in [-0.39, 0.29) is 30.7 Å². The fourth-order valence-corrected chi connectivity index (χ4v) is 3.73. The Bertz CT molecular complexity index is 575. The Labute approximate surface area is 175 Å². The van der Waals surface area contributed by atoms with Gasteiger partial charge in [-0.1, -0.05) is 6.92 Å². The van der Waals surface area contributed by atoms with Gasteiger partial charge in [-0.05, 0) is 51.5 Å². The highest BCUT2D eigenvalue weighted by molar-refractivity contribution is 5.95. The number of carbonyl (C=O) groups is 1. The van der Waals surface area contributed by atoms with Crippen LogP contribution in [0.15, 0.2) is 18.3 Å². The maximum absolute atomic E-state index is 13.2. The number of carbonyl (C=O) groups excluding carboxylic acids is 1. The molecule has 0 aliphatic carbocycles. The number of piperazine rings is 1. The van der Waals surface area contributed by atoms with Gasteiger partial charge in [0.1, 0.15) is 5.82 Å². The molecule has 2 saturated heterocycles. The van der Waals surface area contributed by atoms with E-state index in [1.807, 2.05) is 12.1 Å². The Morgan fingerprint density at radius 1 is 1.22 bits per heavy atom. The van der Waals surface area contributed by atoms with E-state index >= 15 is 0 Å². The van der Waals surface area contributed by atoms with Gasteiger partial charge < -0.3 is 20.0 Å². The van der Waals surface area contributed by atoms with Crippen molar-refractivity contribution in [3.05, 3.63) is 23.9 Å². The van der Waals surface area contributed by atoms with Crippen molar-refractivity contribution in [1.29, 1.82) is 0 Å². The number of nitrogens with one attached hydrogen (secondary N) is 1. The lowest BCUT2D eigenvalue weighted by Crippen LogP contribution is -2.46. The van der Waals surface area contributed by atoms with E-state index in [1.165, 1.54) is 0 Å². The number of likely N-dealkylation sites (N-methyl/N-ethyl adjacent to an activating group) is 1. The third kappa shape index (κ3) is 6.21. The smallest absolute Gasteiger partial charge is 0.254 e. The average molecular weight is 418 g/mol. The topological polar surface area (TPSA) is 51.7 Å². The SMILES string of the molecule is CCCN(C(=O)c1ccnc(N2CCN(C)CC2)c1)C1CCNCC1.Cl.Cl. The summed E-state index contributed by atoms with van der Waals surface area (Å²) < 4.78 is 0. The summed E-state index contributed by atoms with van der Waals surface area (Å²) in [6, 6.07) is 4.21. The zero-order valence-electron chi connectivity index (χ0n) is 16.4. The number of anilines is 1. The highest BCUT2D eigenvalue weighted by Crippen LogP contribution is 2.19. The van der Waals surface area contributed by atoms with Crippen molar-refractivity contribution in [2.45, 2.75) is 32.2 Å². The van der Waals surface area contributed by atoms with Crippen molar-refractivity contribution in [1.82, 2.24) is 20.1 Å². The van der Waals surface area contributed by atoms with Crippen LogP contribution >= 0.6 is 24.8 Å². The van der Waals surface area contributed by atoms with E-state index in [4.69, 9.17) is 0 Å². The van der Waals surface area contributed by atoms with E-state index in [0.717, 1.165) is 76.5 Å². The van der Waals surface area contributed by atoms with Gasteiger partial charge in [0.15, 0.2) is 0 Å². The molecule has 0 bridgehead atoms. The summed E-state index contributed by atoms with van der Waals surface area (Å²) in [4.78, 5) is 24.4. The molecule has 1 aromatic rings. The van der Waals surface area contributed by atoms with Crippen LogP contribution in [0.1, 0.15) is 36.5 Å². The fourth-order valence-electron chi connectivity index (χ4n) is 3.73. The summed E-state index contributed by atoms with van der Waals surface area (Å²) >= 11 is 0. The van der Waals surface area contributed by atoms with Crippen LogP contribution in [0, 0.1) is 0 Å². The molecule has 2 fully saturated rings. The van der Waals surface area contributed by atoms with Crippen molar-refractivity contribution < 1.29 is 4.79 Å². The van der Waals surface area contributed by atoms with Gasteiger partial charge in [0.05, 0.1) is 0 Å². The molecule has 0 atom stereocenters. The molecule has 0 radical (unpaired) electrons. The molecule has 2 aliphatic heterocycles. The Kier molecular flexibility index (Phi) is 10.4. The molecule has 27 heavy (non-hydrogen) atoms. The van der Waals surface area contributed by atoms with Crippen molar-refractivity contribution >= 4 is 36.5 Å². The van der Waals surface area contributed by atoms with Gasteiger partial charge in [0, 0.05) is 50.5 Å². The largest absolute Gasteiger partial charge is 0.354 e. The number of hydrogen-bond donors (Lipinski definition) is 1. The highest BCUT2D eigenvalue weighted by atomic mass is 35.5. The van der Waals surface area contributed by atoms with Gasteiger partial charge >= 0.3 is 0 Å². The lowest BCUT2D eigenvalue weighted by atomic mass is 10.0. The summed E-state index contributed by atoms with van der Waals surface area (Å²) in [7, 11) is 2.15. The van der Waals surface area contributed by atoms with Gasteiger partial charge in [-0.3, -0.25) is 4.79 Å². The Morgan fingerprint density at radius 3 is 2.52 bits per heavy atom. The first-order valence-electron chi connectivity index (χ1n) is 9.60. The van der Waals surface area contributed by atoms with Crippen molar-refractivity contribution in [2.24, 2.45) is 0 Å². The fraction of sp³-hybridized carbons (Fsp3) is 0.684. The minimum Gasteiger partial charge on any atom is -0.354 e. The van der Waals surface area contributed by atoms with E-state index in [0.29, 0.717) is 6.04 Å². The van der Waals surface area contributed by atoms with Gasteiger partial charge in [-0.2, -0.15) is 0 Å². The molecule has 2 aliphatic rings. The Hall–Kier alpha value is -1.08. The van der Waals surface area contributed by atoms with Gasteiger partial charge in [-0.15, -0.1) is 24.8 Å². The normalized spacial score (nSPS) is 18.4. The van der Waals surface area contributed by atoms with Gasteiger partial charge in [-0.25, -0.2) is 4.98 Å². The molecule has 3 rings (SSSR count). The number of halogens is 2. The molecule has 0 spiro atoms. The number of pyridine rings is 1. The van der Waals surface area contributed by atoms with E-state index in [2.05, 4.69) is 39.0 Å². The van der Waals surface area contributed by atoms with Crippen LogP contribution in [0.4, 0.5) is 5.82 Å². The van der Waals surface area contributed by atoms with E-state index < -0.39 is 0 Å². The molecule has 8 heteroatoms. The Morgan fingerprint density at radius 2 is 1.89 bits per heavy atom. The van der Waals surface area contributed by atoms with Crippen LogP contribution < -0.4 is 10.2 Å². The zero-order chi connectivity index (χ0) is 17.6. The second-order valence-electron chi connectivity index (χ2n) is 7.17. The first kappa shape index (κ1) is 24.0. The predicted octanol–water partition coefficient (Wildman–Crippen LogP) is 2.28. The number of piperidine rings is 1. The molecular formula is C19H33Cl2N5O. The van der Waals surface area contributed by atoms with Crippen LogP contribution in [-0.2, 0) is 0 Å². The molecule has 0 aromatic carbocycles. The van der Waals surface area contributed by atoms with Crippen LogP contribution in [0.25, 0.3) is 0 Å². The first-order chi connectivity index (χ1) is 12.2.